The van der Waals surface area contributed by atoms with Crippen LogP contribution in [0, 0.1) is 11.8 Å². The molecule has 6 nitrogen and oxygen atoms in total. The lowest BCUT2D eigenvalue weighted by Crippen LogP contribution is -2.51. The highest BCUT2D eigenvalue weighted by atomic mass is 79.9. The number of benzene rings is 1. The quantitative estimate of drug-likeness (QED) is 0.630. The van der Waals surface area contributed by atoms with Crippen LogP contribution in [0.3, 0.4) is 0 Å². The average Bonchev–Trinajstić information content (AvgIpc) is 3.00. The number of hydrogen-bond acceptors (Lipinski definition) is 4. The Hall–Kier alpha value is -1.12. The molecule has 8 heteroatoms. The number of amides is 1. The molecule has 0 spiro atoms. The van der Waals surface area contributed by atoms with E-state index in [0.717, 1.165) is 10.9 Å². The fraction of sp³-hybridized carbons (Fsp3) is 0.667. The van der Waals surface area contributed by atoms with Crippen LogP contribution in [0.1, 0.15) is 47.5 Å². The van der Waals surface area contributed by atoms with Gasteiger partial charge in [0.2, 0.25) is 10.0 Å². The zero-order chi connectivity index (χ0) is 21.6. The largest absolute Gasteiger partial charge is 0.444 e. The van der Waals surface area contributed by atoms with Gasteiger partial charge in [-0.3, -0.25) is 0 Å². The number of ether oxygens (including phenoxy) is 1. The molecule has 0 bridgehead atoms. The molecule has 1 amide bonds. The Kier molecular flexibility index (Phi) is 6.37. The van der Waals surface area contributed by atoms with Crippen LogP contribution in [0.5, 0.6) is 0 Å². The van der Waals surface area contributed by atoms with Crippen molar-refractivity contribution in [3.05, 3.63) is 28.7 Å². The van der Waals surface area contributed by atoms with Gasteiger partial charge >= 0.3 is 6.09 Å². The standard InChI is InChI=1S/C21H31BrN2O4S/c1-14(2)19-12-15-13-23(20(25)28-21(3,4)5)11-10-18(15)24(19)29(26,27)17-8-6-16(22)7-9-17/h6-9,14-15,18-19H,10-13H2,1-5H3/t15-,18+,19+/m1/s1. The van der Waals surface area contributed by atoms with Crippen LogP contribution < -0.4 is 0 Å². The monoisotopic (exact) mass is 486 g/mol. The van der Waals surface area contributed by atoms with Gasteiger partial charge < -0.3 is 9.64 Å². The van der Waals surface area contributed by atoms with Crippen molar-refractivity contribution < 1.29 is 17.9 Å². The molecule has 1 aromatic rings. The third-order valence-electron chi connectivity index (χ3n) is 5.70. The fourth-order valence-corrected chi connectivity index (χ4v) is 6.70. The Labute approximate surface area is 182 Å². The molecule has 3 rings (SSSR count). The first-order valence-electron chi connectivity index (χ1n) is 10.2. The predicted molar refractivity (Wildman–Crippen MR) is 116 cm³/mol. The summed E-state index contributed by atoms with van der Waals surface area (Å²) < 4.78 is 35.2. The number of fused-ring (bicyclic) bond motifs is 1. The van der Waals surface area contributed by atoms with Crippen LogP contribution in [0.25, 0.3) is 0 Å². The number of carbonyl (C=O) groups excluding carboxylic acids is 1. The predicted octanol–water partition coefficient (Wildman–Crippen LogP) is 4.49. The summed E-state index contributed by atoms with van der Waals surface area (Å²) in [7, 11) is -3.61. The molecule has 162 valence electrons. The van der Waals surface area contributed by atoms with E-state index in [1.165, 1.54) is 0 Å². The van der Waals surface area contributed by atoms with Crippen molar-refractivity contribution >= 4 is 32.0 Å². The zero-order valence-corrected chi connectivity index (χ0v) is 20.2. The minimum atomic E-state index is -3.61. The van der Waals surface area contributed by atoms with E-state index in [-0.39, 0.29) is 30.0 Å². The minimum absolute atomic E-state index is 0.0720. The SMILES string of the molecule is CC(C)[C@@H]1C[C@@H]2CN(C(=O)OC(C)(C)C)CC[C@@H]2N1S(=O)(=O)c1ccc(Br)cc1. The number of rotatable bonds is 3. The summed E-state index contributed by atoms with van der Waals surface area (Å²) in [5.74, 6) is 0.315. The van der Waals surface area contributed by atoms with Gasteiger partial charge in [0.15, 0.2) is 0 Å². The van der Waals surface area contributed by atoms with Crippen LogP contribution in [0.15, 0.2) is 33.6 Å². The molecule has 3 atom stereocenters. The van der Waals surface area contributed by atoms with Crippen LogP contribution in [-0.4, -0.2) is 54.5 Å². The summed E-state index contributed by atoms with van der Waals surface area (Å²) in [4.78, 5) is 14.6. The summed E-state index contributed by atoms with van der Waals surface area (Å²) in [6.45, 7) is 10.7. The maximum absolute atomic E-state index is 13.5. The van der Waals surface area contributed by atoms with E-state index >= 15 is 0 Å². The first-order valence-corrected chi connectivity index (χ1v) is 12.4. The van der Waals surface area contributed by atoms with Crippen molar-refractivity contribution in [2.45, 2.75) is 70.0 Å². The van der Waals surface area contributed by atoms with Crippen molar-refractivity contribution in [3.63, 3.8) is 0 Å². The second kappa shape index (κ2) is 8.19. The molecule has 0 radical (unpaired) electrons. The van der Waals surface area contributed by atoms with Crippen molar-refractivity contribution in [2.75, 3.05) is 13.1 Å². The first kappa shape index (κ1) is 22.6. The van der Waals surface area contributed by atoms with Gasteiger partial charge in [0, 0.05) is 29.6 Å². The first-order chi connectivity index (χ1) is 13.4. The molecule has 0 unspecified atom stereocenters. The van der Waals surface area contributed by atoms with Gasteiger partial charge in [-0.2, -0.15) is 4.31 Å². The smallest absolute Gasteiger partial charge is 0.410 e. The Bertz CT molecular complexity index is 848. The molecule has 1 aromatic carbocycles. The number of hydrogen-bond donors (Lipinski definition) is 0. The Morgan fingerprint density at radius 1 is 1.21 bits per heavy atom. The molecular formula is C21H31BrN2O4S. The second-order valence-corrected chi connectivity index (χ2v) is 12.1. The molecule has 2 heterocycles. The van der Waals surface area contributed by atoms with E-state index in [4.69, 9.17) is 4.74 Å². The maximum Gasteiger partial charge on any atom is 0.410 e. The van der Waals surface area contributed by atoms with E-state index in [1.807, 2.05) is 20.8 Å². The summed E-state index contributed by atoms with van der Waals surface area (Å²) in [6, 6.07) is 6.66. The lowest BCUT2D eigenvalue weighted by molar-refractivity contribution is 0.0139. The molecule has 0 N–H and O–H groups in total. The van der Waals surface area contributed by atoms with Crippen molar-refractivity contribution in [1.29, 1.82) is 0 Å². The van der Waals surface area contributed by atoms with E-state index in [2.05, 4.69) is 29.8 Å². The lowest BCUT2D eigenvalue weighted by atomic mass is 9.91. The highest BCUT2D eigenvalue weighted by molar-refractivity contribution is 9.10. The molecule has 2 aliphatic rings. The van der Waals surface area contributed by atoms with Crippen LogP contribution in [-0.2, 0) is 14.8 Å². The molecule has 2 saturated heterocycles. The highest BCUT2D eigenvalue weighted by Crippen LogP contribution is 2.42. The van der Waals surface area contributed by atoms with E-state index in [0.29, 0.717) is 24.4 Å². The number of halogens is 1. The van der Waals surface area contributed by atoms with Gasteiger partial charge in [-0.1, -0.05) is 29.8 Å². The van der Waals surface area contributed by atoms with Crippen LogP contribution in [0.2, 0.25) is 0 Å². The van der Waals surface area contributed by atoms with Gasteiger partial charge in [-0.25, -0.2) is 13.2 Å². The topological polar surface area (TPSA) is 66.9 Å². The normalized spacial score (nSPS) is 25.9. The summed E-state index contributed by atoms with van der Waals surface area (Å²) >= 11 is 3.37. The van der Waals surface area contributed by atoms with Crippen molar-refractivity contribution in [1.82, 2.24) is 9.21 Å². The van der Waals surface area contributed by atoms with Gasteiger partial charge in [0.25, 0.3) is 0 Å². The van der Waals surface area contributed by atoms with Crippen LogP contribution >= 0.6 is 15.9 Å². The number of likely N-dealkylation sites (tertiary alicyclic amines) is 1. The zero-order valence-electron chi connectivity index (χ0n) is 17.8. The molecule has 2 aliphatic heterocycles. The van der Waals surface area contributed by atoms with E-state index in [1.54, 1.807) is 33.5 Å². The fourth-order valence-electron chi connectivity index (χ4n) is 4.39. The van der Waals surface area contributed by atoms with E-state index < -0.39 is 15.6 Å². The third-order valence-corrected chi connectivity index (χ3v) is 8.20. The highest BCUT2D eigenvalue weighted by Gasteiger charge is 2.51. The molecule has 29 heavy (non-hydrogen) atoms. The molecule has 0 saturated carbocycles. The van der Waals surface area contributed by atoms with Crippen LogP contribution in [0.4, 0.5) is 4.79 Å². The number of nitrogens with zero attached hydrogens (tertiary/aromatic N) is 2. The summed E-state index contributed by atoms with van der Waals surface area (Å²) in [5.41, 5.74) is -0.541. The molecule has 0 aliphatic carbocycles. The van der Waals surface area contributed by atoms with Crippen molar-refractivity contribution in [2.24, 2.45) is 11.8 Å². The Balaban J connectivity index is 1.85. The van der Waals surface area contributed by atoms with E-state index in [9.17, 15) is 13.2 Å². The van der Waals surface area contributed by atoms with Gasteiger partial charge in [0.1, 0.15) is 5.60 Å². The van der Waals surface area contributed by atoms with Crippen molar-refractivity contribution in [3.8, 4) is 0 Å². The number of carbonyl (C=O) groups is 1. The average molecular weight is 487 g/mol. The summed E-state index contributed by atoms with van der Waals surface area (Å²) in [5, 5.41) is 0. The summed E-state index contributed by atoms with van der Waals surface area (Å²) in [6.07, 6.45) is 1.08. The lowest BCUT2D eigenvalue weighted by Gasteiger charge is -2.38. The van der Waals surface area contributed by atoms with Gasteiger partial charge in [0.05, 0.1) is 4.90 Å². The number of sulfonamides is 1. The second-order valence-electron chi connectivity index (χ2n) is 9.38. The van der Waals surface area contributed by atoms with Gasteiger partial charge in [-0.15, -0.1) is 0 Å². The number of piperidine rings is 1. The molecular weight excluding hydrogens is 456 g/mol. The molecule has 2 fully saturated rings. The Morgan fingerprint density at radius 2 is 1.83 bits per heavy atom. The maximum atomic E-state index is 13.5. The Morgan fingerprint density at radius 3 is 2.38 bits per heavy atom. The molecule has 0 aromatic heterocycles. The third kappa shape index (κ3) is 4.80. The minimum Gasteiger partial charge on any atom is -0.444 e. The van der Waals surface area contributed by atoms with Gasteiger partial charge in [-0.05, 0) is 69.7 Å².